The largest absolute Gasteiger partial charge is 0.492 e. The third-order valence-electron chi connectivity index (χ3n) is 5.05. The fourth-order valence-corrected chi connectivity index (χ4v) is 3.55. The summed E-state index contributed by atoms with van der Waals surface area (Å²) >= 11 is 0. The maximum Gasteiger partial charge on any atom is 0.275 e. The second-order valence-electron chi connectivity index (χ2n) is 7.35. The number of carbonyl (C=O) groups excluding carboxylic acids is 1. The molecule has 0 radical (unpaired) electrons. The van der Waals surface area contributed by atoms with E-state index in [0.29, 0.717) is 19.7 Å². The summed E-state index contributed by atoms with van der Waals surface area (Å²) in [4.78, 5) is 15.1. The van der Waals surface area contributed by atoms with E-state index >= 15 is 0 Å². The van der Waals surface area contributed by atoms with Crippen LogP contribution in [-0.4, -0.2) is 51.8 Å². The molecule has 0 aliphatic carbocycles. The lowest BCUT2D eigenvalue weighted by molar-refractivity contribution is -1.02. The summed E-state index contributed by atoms with van der Waals surface area (Å²) in [6.07, 6.45) is 0. The molecule has 5 heteroatoms. The molecule has 5 nitrogen and oxygen atoms in total. The van der Waals surface area contributed by atoms with Crippen molar-refractivity contribution in [2.75, 3.05) is 45.9 Å². The average molecular weight is 370 g/mol. The average Bonchev–Trinajstić information content (AvgIpc) is 2.68. The minimum absolute atomic E-state index is 0.115. The van der Waals surface area contributed by atoms with Crippen LogP contribution in [0.3, 0.4) is 0 Å². The second-order valence-corrected chi connectivity index (χ2v) is 7.35. The Morgan fingerprint density at radius 3 is 2.48 bits per heavy atom. The van der Waals surface area contributed by atoms with Gasteiger partial charge in [0.1, 0.15) is 45.1 Å². The fraction of sp³-hybridized carbons (Fsp3) is 0.409. The molecule has 0 bridgehead atoms. The smallest absolute Gasteiger partial charge is 0.275 e. The van der Waals surface area contributed by atoms with Crippen LogP contribution < -0.4 is 19.9 Å². The van der Waals surface area contributed by atoms with Gasteiger partial charge in [-0.2, -0.15) is 0 Å². The lowest BCUT2D eigenvalue weighted by atomic mass is 10.2. The van der Waals surface area contributed by atoms with Crippen LogP contribution in [0.4, 0.5) is 0 Å². The lowest BCUT2D eigenvalue weighted by Gasteiger charge is -2.29. The fourth-order valence-electron chi connectivity index (χ4n) is 3.55. The number of carbonyl (C=O) groups is 1. The van der Waals surface area contributed by atoms with E-state index in [1.807, 2.05) is 31.2 Å². The molecule has 1 saturated heterocycles. The molecule has 1 aliphatic heterocycles. The highest BCUT2D eigenvalue weighted by Gasteiger charge is 2.24. The Bertz CT molecular complexity index is 713. The first-order valence-electron chi connectivity index (χ1n) is 9.86. The zero-order chi connectivity index (χ0) is 18.9. The van der Waals surface area contributed by atoms with Crippen molar-refractivity contribution in [1.29, 1.82) is 0 Å². The minimum atomic E-state index is 0.115. The Morgan fingerprint density at radius 2 is 1.74 bits per heavy atom. The molecular formula is C22H31N3O2+2. The number of ether oxygens (including phenoxy) is 1. The number of rotatable bonds is 8. The Hall–Kier alpha value is -2.37. The summed E-state index contributed by atoms with van der Waals surface area (Å²) in [5, 5.41) is 2.97. The van der Waals surface area contributed by atoms with Crippen LogP contribution in [0.1, 0.15) is 11.1 Å². The van der Waals surface area contributed by atoms with Gasteiger partial charge in [-0.1, -0.05) is 42.5 Å². The first kappa shape index (κ1) is 19.4. The number of quaternary nitrogens is 2. The van der Waals surface area contributed by atoms with E-state index in [4.69, 9.17) is 4.74 Å². The third-order valence-corrected chi connectivity index (χ3v) is 5.05. The minimum Gasteiger partial charge on any atom is -0.492 e. The summed E-state index contributed by atoms with van der Waals surface area (Å²) < 4.78 is 5.67. The van der Waals surface area contributed by atoms with Gasteiger partial charge in [0.05, 0.1) is 6.54 Å². The Balaban J connectivity index is 1.29. The van der Waals surface area contributed by atoms with E-state index in [0.717, 1.165) is 38.5 Å². The molecule has 3 rings (SSSR count). The predicted octanol–water partition coefficient (Wildman–Crippen LogP) is -0.526. The number of amides is 1. The van der Waals surface area contributed by atoms with E-state index in [1.165, 1.54) is 16.0 Å². The van der Waals surface area contributed by atoms with Crippen molar-refractivity contribution in [1.82, 2.24) is 5.32 Å². The number of nitrogens with one attached hydrogen (secondary N) is 3. The summed E-state index contributed by atoms with van der Waals surface area (Å²) in [6, 6.07) is 18.6. The quantitative estimate of drug-likeness (QED) is 0.548. The van der Waals surface area contributed by atoms with Gasteiger partial charge in [-0.15, -0.1) is 0 Å². The SMILES string of the molecule is Cc1cccc(OCCNC(=O)C[NH+]2CC[NH+](Cc3ccccc3)CC2)c1. The molecule has 1 aliphatic rings. The zero-order valence-electron chi connectivity index (χ0n) is 16.2. The van der Waals surface area contributed by atoms with Crippen LogP contribution in [0.2, 0.25) is 0 Å². The first-order valence-corrected chi connectivity index (χ1v) is 9.86. The molecule has 27 heavy (non-hydrogen) atoms. The second kappa shape index (κ2) is 10.1. The van der Waals surface area contributed by atoms with Crippen LogP contribution in [0.15, 0.2) is 54.6 Å². The molecule has 2 aromatic carbocycles. The van der Waals surface area contributed by atoms with Gasteiger partial charge in [0.25, 0.3) is 5.91 Å². The molecule has 1 heterocycles. The molecule has 0 unspecified atom stereocenters. The van der Waals surface area contributed by atoms with E-state index < -0.39 is 0 Å². The molecule has 1 amide bonds. The van der Waals surface area contributed by atoms with Crippen molar-refractivity contribution in [2.24, 2.45) is 0 Å². The zero-order valence-corrected chi connectivity index (χ0v) is 16.2. The van der Waals surface area contributed by atoms with Gasteiger partial charge in [0.15, 0.2) is 6.54 Å². The van der Waals surface area contributed by atoms with Crippen molar-refractivity contribution >= 4 is 5.91 Å². The van der Waals surface area contributed by atoms with E-state index in [-0.39, 0.29) is 5.91 Å². The highest BCUT2D eigenvalue weighted by atomic mass is 16.5. The Kier molecular flexibility index (Phi) is 7.25. The van der Waals surface area contributed by atoms with Crippen LogP contribution >= 0.6 is 0 Å². The third kappa shape index (κ3) is 6.70. The van der Waals surface area contributed by atoms with Crippen molar-refractivity contribution in [2.45, 2.75) is 13.5 Å². The van der Waals surface area contributed by atoms with Gasteiger partial charge in [0.2, 0.25) is 0 Å². The van der Waals surface area contributed by atoms with Gasteiger partial charge in [-0.05, 0) is 24.6 Å². The van der Waals surface area contributed by atoms with Gasteiger partial charge >= 0.3 is 0 Å². The van der Waals surface area contributed by atoms with Crippen molar-refractivity contribution in [3.05, 3.63) is 65.7 Å². The number of benzene rings is 2. The normalized spacial score (nSPS) is 19.4. The molecule has 144 valence electrons. The molecule has 3 N–H and O–H groups in total. The van der Waals surface area contributed by atoms with E-state index in [1.54, 1.807) is 4.90 Å². The van der Waals surface area contributed by atoms with E-state index in [2.05, 4.69) is 35.6 Å². The van der Waals surface area contributed by atoms with Crippen molar-refractivity contribution < 1.29 is 19.3 Å². The van der Waals surface area contributed by atoms with Crippen LogP contribution in [0, 0.1) is 6.92 Å². The number of piperazine rings is 1. The molecule has 2 aromatic rings. The van der Waals surface area contributed by atoms with Crippen LogP contribution in [0.5, 0.6) is 5.75 Å². The summed E-state index contributed by atoms with van der Waals surface area (Å²) in [5.74, 6) is 0.969. The monoisotopic (exact) mass is 369 g/mol. The molecule has 1 fully saturated rings. The molecule has 0 saturated carbocycles. The molecule has 0 spiro atoms. The van der Waals surface area contributed by atoms with Crippen LogP contribution in [-0.2, 0) is 11.3 Å². The highest BCUT2D eigenvalue weighted by molar-refractivity contribution is 5.76. The van der Waals surface area contributed by atoms with Crippen molar-refractivity contribution in [3.8, 4) is 5.75 Å². The summed E-state index contributed by atoms with van der Waals surface area (Å²) in [6.45, 7) is 9.07. The van der Waals surface area contributed by atoms with Gasteiger partial charge in [-0.3, -0.25) is 4.79 Å². The standard InChI is InChI=1S/C22H29N3O2/c1-19-6-5-9-21(16-19)27-15-10-23-22(26)18-25-13-11-24(12-14-25)17-20-7-3-2-4-8-20/h2-9,16H,10-15,17-18H2,1H3,(H,23,26)/p+2. The number of hydrogen-bond acceptors (Lipinski definition) is 2. The summed E-state index contributed by atoms with van der Waals surface area (Å²) in [5.41, 5.74) is 2.57. The number of aryl methyl sites for hydroxylation is 1. The van der Waals surface area contributed by atoms with Crippen LogP contribution in [0.25, 0.3) is 0 Å². The molecule has 0 atom stereocenters. The Morgan fingerprint density at radius 1 is 1.00 bits per heavy atom. The van der Waals surface area contributed by atoms with Gasteiger partial charge in [-0.25, -0.2) is 0 Å². The maximum absolute atomic E-state index is 12.2. The summed E-state index contributed by atoms with van der Waals surface area (Å²) in [7, 11) is 0. The molecular weight excluding hydrogens is 338 g/mol. The van der Waals surface area contributed by atoms with Crippen molar-refractivity contribution in [3.63, 3.8) is 0 Å². The maximum atomic E-state index is 12.2. The predicted molar refractivity (Wildman–Crippen MR) is 106 cm³/mol. The van der Waals surface area contributed by atoms with Gasteiger partial charge < -0.3 is 19.9 Å². The Labute approximate surface area is 161 Å². The molecule has 0 aromatic heterocycles. The topological polar surface area (TPSA) is 47.2 Å². The number of hydrogen-bond donors (Lipinski definition) is 3. The van der Waals surface area contributed by atoms with Gasteiger partial charge in [0, 0.05) is 5.56 Å². The van der Waals surface area contributed by atoms with E-state index in [9.17, 15) is 4.79 Å². The first-order chi connectivity index (χ1) is 13.2. The highest BCUT2D eigenvalue weighted by Crippen LogP contribution is 2.11. The lowest BCUT2D eigenvalue weighted by Crippen LogP contribution is -3.28.